The van der Waals surface area contributed by atoms with Gasteiger partial charge in [-0.3, -0.25) is 4.79 Å². The molecule has 1 amide bonds. The van der Waals surface area contributed by atoms with Gasteiger partial charge in [0.25, 0.3) is 5.91 Å². The molecule has 24 heavy (non-hydrogen) atoms. The molecule has 1 aromatic rings. The predicted octanol–water partition coefficient (Wildman–Crippen LogP) is 2.66. The molecule has 0 aliphatic heterocycles. The van der Waals surface area contributed by atoms with Crippen LogP contribution in [0.5, 0.6) is 0 Å². The van der Waals surface area contributed by atoms with Gasteiger partial charge < -0.3 is 16.2 Å². The molecule has 0 saturated heterocycles. The van der Waals surface area contributed by atoms with E-state index in [-0.39, 0.29) is 17.6 Å². The summed E-state index contributed by atoms with van der Waals surface area (Å²) < 4.78 is 0. The van der Waals surface area contributed by atoms with Gasteiger partial charge in [0.15, 0.2) is 0 Å². The molecule has 1 fully saturated rings. The highest BCUT2D eigenvalue weighted by molar-refractivity contribution is 5.97. The zero-order valence-electron chi connectivity index (χ0n) is 15.0. The summed E-state index contributed by atoms with van der Waals surface area (Å²) >= 11 is 0. The molecule has 1 heterocycles. The molecule has 2 atom stereocenters. The van der Waals surface area contributed by atoms with Crippen LogP contribution in [0.1, 0.15) is 75.5 Å². The number of aromatic nitrogens is 2. The molecule has 1 aliphatic carbocycles. The number of anilines is 1. The molecule has 4 N–H and O–H groups in total. The van der Waals surface area contributed by atoms with E-state index in [4.69, 9.17) is 5.73 Å². The van der Waals surface area contributed by atoms with Crippen molar-refractivity contribution in [2.75, 3.05) is 5.32 Å². The van der Waals surface area contributed by atoms with Crippen LogP contribution in [0, 0.1) is 5.41 Å². The molecule has 0 radical (unpaired) electrons. The van der Waals surface area contributed by atoms with Crippen LogP contribution in [0.15, 0.2) is 6.20 Å². The van der Waals surface area contributed by atoms with Crippen LogP contribution in [0.4, 0.5) is 5.82 Å². The number of amides is 1. The van der Waals surface area contributed by atoms with E-state index >= 15 is 0 Å². The van der Waals surface area contributed by atoms with Crippen LogP contribution in [0.2, 0.25) is 0 Å². The Labute approximate surface area is 144 Å². The second-order valence-corrected chi connectivity index (χ2v) is 7.62. The Balaban J connectivity index is 2.22. The first-order chi connectivity index (χ1) is 11.3. The maximum Gasteiger partial charge on any atom is 0.254 e. The molecule has 1 saturated carbocycles. The topological polar surface area (TPSA) is 101 Å². The van der Waals surface area contributed by atoms with E-state index in [0.717, 1.165) is 38.5 Å². The van der Waals surface area contributed by atoms with Crippen LogP contribution in [-0.4, -0.2) is 33.1 Å². The second-order valence-electron chi connectivity index (χ2n) is 7.62. The standard InChI is InChI=1S/C18H30N4O2/c1-4-18(2,3)10-15-20-11-14(16(19)24)17(22-15)21-12-7-5-6-8-13(23)9-12/h11-13,23H,4-10H2,1-3H3,(H2,19,24)(H,20,21,22)/t12-,13+/m1/s1. The fourth-order valence-corrected chi connectivity index (χ4v) is 3.01. The smallest absolute Gasteiger partial charge is 0.254 e. The Morgan fingerprint density at radius 2 is 2.12 bits per heavy atom. The molecule has 0 unspecified atom stereocenters. The summed E-state index contributed by atoms with van der Waals surface area (Å²) in [5, 5.41) is 13.3. The largest absolute Gasteiger partial charge is 0.393 e. The molecule has 2 rings (SSSR count). The van der Waals surface area contributed by atoms with Crippen molar-refractivity contribution >= 4 is 11.7 Å². The third-order valence-corrected chi connectivity index (χ3v) is 4.94. The Morgan fingerprint density at radius 3 is 2.79 bits per heavy atom. The number of hydrogen-bond acceptors (Lipinski definition) is 5. The SMILES string of the molecule is CCC(C)(C)Cc1ncc(C(N)=O)c(N[C@@H]2CCCC[C@H](O)C2)n1. The number of rotatable bonds is 6. The minimum absolute atomic E-state index is 0.0996. The number of nitrogens with two attached hydrogens (primary N) is 1. The molecule has 0 spiro atoms. The van der Waals surface area contributed by atoms with E-state index in [1.165, 1.54) is 6.20 Å². The lowest BCUT2D eigenvalue weighted by molar-refractivity contribution is 0.100. The van der Waals surface area contributed by atoms with Crippen molar-refractivity contribution in [2.45, 2.75) is 77.9 Å². The molecular weight excluding hydrogens is 304 g/mol. The Hall–Kier alpha value is -1.69. The quantitative estimate of drug-likeness (QED) is 0.694. The highest BCUT2D eigenvalue weighted by atomic mass is 16.3. The first-order valence-electron chi connectivity index (χ1n) is 8.91. The number of nitrogens with one attached hydrogen (secondary N) is 1. The van der Waals surface area contributed by atoms with Gasteiger partial charge in [0, 0.05) is 18.7 Å². The van der Waals surface area contributed by atoms with E-state index in [1.807, 2.05) is 0 Å². The number of primary amides is 1. The molecule has 0 aromatic carbocycles. The zero-order chi connectivity index (χ0) is 17.7. The number of aliphatic hydroxyl groups excluding tert-OH is 1. The van der Waals surface area contributed by atoms with Gasteiger partial charge in [-0.15, -0.1) is 0 Å². The van der Waals surface area contributed by atoms with Crippen molar-refractivity contribution < 1.29 is 9.90 Å². The highest BCUT2D eigenvalue weighted by Crippen LogP contribution is 2.26. The van der Waals surface area contributed by atoms with Crippen molar-refractivity contribution in [2.24, 2.45) is 11.1 Å². The van der Waals surface area contributed by atoms with Crippen molar-refractivity contribution in [1.29, 1.82) is 0 Å². The molecule has 0 bridgehead atoms. The van der Waals surface area contributed by atoms with Crippen molar-refractivity contribution in [3.63, 3.8) is 0 Å². The number of carbonyl (C=O) groups is 1. The highest BCUT2D eigenvalue weighted by Gasteiger charge is 2.23. The predicted molar refractivity (Wildman–Crippen MR) is 94.8 cm³/mol. The zero-order valence-corrected chi connectivity index (χ0v) is 15.0. The Bertz CT molecular complexity index is 574. The maximum atomic E-state index is 11.7. The van der Waals surface area contributed by atoms with Crippen molar-refractivity contribution in [3.8, 4) is 0 Å². The summed E-state index contributed by atoms with van der Waals surface area (Å²) in [6.07, 6.45) is 7.51. The Kier molecular flexibility index (Phi) is 6.15. The lowest BCUT2D eigenvalue weighted by Crippen LogP contribution is -2.27. The summed E-state index contributed by atoms with van der Waals surface area (Å²) in [5.41, 5.74) is 5.89. The average molecular weight is 334 g/mol. The number of hydrogen-bond donors (Lipinski definition) is 3. The third kappa shape index (κ3) is 5.16. The fourth-order valence-electron chi connectivity index (χ4n) is 3.01. The van der Waals surface area contributed by atoms with Gasteiger partial charge in [-0.05, 0) is 24.7 Å². The number of carbonyl (C=O) groups excluding carboxylic acids is 1. The second kappa shape index (κ2) is 7.92. The van der Waals surface area contributed by atoms with Crippen molar-refractivity contribution in [1.82, 2.24) is 9.97 Å². The van der Waals surface area contributed by atoms with Crippen molar-refractivity contribution in [3.05, 3.63) is 17.6 Å². The molecule has 6 nitrogen and oxygen atoms in total. The summed E-state index contributed by atoms with van der Waals surface area (Å²) in [6, 6.07) is 0.0996. The first kappa shape index (κ1) is 18.6. The first-order valence-corrected chi connectivity index (χ1v) is 8.91. The Morgan fingerprint density at radius 1 is 1.42 bits per heavy atom. The molecule has 6 heteroatoms. The van der Waals surface area contributed by atoms with E-state index in [1.54, 1.807) is 0 Å². The van der Waals surface area contributed by atoms with Gasteiger partial charge in [0.05, 0.1) is 11.7 Å². The molecular formula is C18H30N4O2. The summed E-state index contributed by atoms with van der Waals surface area (Å²) in [4.78, 5) is 20.6. The number of nitrogens with zero attached hydrogens (tertiary/aromatic N) is 2. The molecule has 1 aliphatic rings. The van der Waals surface area contributed by atoms with E-state index in [0.29, 0.717) is 23.6 Å². The summed E-state index contributed by atoms with van der Waals surface area (Å²) in [6.45, 7) is 6.49. The van der Waals surface area contributed by atoms with Gasteiger partial charge in [0.1, 0.15) is 11.6 Å². The van der Waals surface area contributed by atoms with Crippen LogP contribution < -0.4 is 11.1 Å². The maximum absolute atomic E-state index is 11.7. The molecule has 1 aromatic heterocycles. The van der Waals surface area contributed by atoms with Gasteiger partial charge in [0.2, 0.25) is 0 Å². The van der Waals surface area contributed by atoms with Crippen LogP contribution in [0.25, 0.3) is 0 Å². The minimum Gasteiger partial charge on any atom is -0.393 e. The number of aliphatic hydroxyl groups is 1. The minimum atomic E-state index is -0.534. The lowest BCUT2D eigenvalue weighted by Gasteiger charge is -2.23. The van der Waals surface area contributed by atoms with E-state index in [2.05, 4.69) is 36.1 Å². The lowest BCUT2D eigenvalue weighted by atomic mass is 9.86. The van der Waals surface area contributed by atoms with Crippen LogP contribution in [0.3, 0.4) is 0 Å². The van der Waals surface area contributed by atoms with Gasteiger partial charge in [-0.2, -0.15) is 0 Å². The van der Waals surface area contributed by atoms with Crippen LogP contribution in [-0.2, 0) is 6.42 Å². The monoisotopic (exact) mass is 334 g/mol. The van der Waals surface area contributed by atoms with Gasteiger partial charge in [-0.1, -0.05) is 40.0 Å². The van der Waals surface area contributed by atoms with Gasteiger partial charge in [-0.25, -0.2) is 9.97 Å². The third-order valence-electron chi connectivity index (χ3n) is 4.94. The normalized spacial score (nSPS) is 22.0. The average Bonchev–Trinajstić information content (AvgIpc) is 2.71. The molecule has 134 valence electrons. The van der Waals surface area contributed by atoms with E-state index in [9.17, 15) is 9.90 Å². The summed E-state index contributed by atoms with van der Waals surface area (Å²) in [5.74, 6) is 0.676. The van der Waals surface area contributed by atoms with Crippen LogP contribution >= 0.6 is 0 Å². The van der Waals surface area contributed by atoms with Gasteiger partial charge >= 0.3 is 0 Å². The van der Waals surface area contributed by atoms with E-state index < -0.39 is 5.91 Å². The fraction of sp³-hybridized carbons (Fsp3) is 0.722. The summed E-state index contributed by atoms with van der Waals surface area (Å²) in [7, 11) is 0.